The molecule has 0 radical (unpaired) electrons. The smallest absolute Gasteiger partial charge is 0.342 e. The molecular weight excluding hydrogens is 408 g/mol. The van der Waals surface area contributed by atoms with Gasteiger partial charge in [-0.3, -0.25) is 9.59 Å². The lowest BCUT2D eigenvalue weighted by atomic mass is 10.1. The molecule has 1 aliphatic carbocycles. The highest BCUT2D eigenvalue weighted by Crippen LogP contribution is 2.32. The molecule has 8 nitrogen and oxygen atoms in total. The van der Waals surface area contributed by atoms with E-state index >= 15 is 0 Å². The van der Waals surface area contributed by atoms with Crippen LogP contribution in [0.4, 0.5) is 0 Å². The molecule has 2 heterocycles. The summed E-state index contributed by atoms with van der Waals surface area (Å²) >= 11 is 0. The summed E-state index contributed by atoms with van der Waals surface area (Å²) in [7, 11) is 0. The van der Waals surface area contributed by atoms with Gasteiger partial charge in [0.2, 0.25) is 5.91 Å². The number of piperazine rings is 1. The highest BCUT2D eigenvalue weighted by Gasteiger charge is 2.39. The zero-order chi connectivity index (χ0) is 22.8. The number of hydrogen-bond acceptors (Lipinski definition) is 6. The van der Waals surface area contributed by atoms with Crippen molar-refractivity contribution in [3.63, 3.8) is 0 Å². The van der Waals surface area contributed by atoms with Crippen molar-refractivity contribution < 1.29 is 19.1 Å². The number of hydrogen-bond donors (Lipinski definition) is 0. The van der Waals surface area contributed by atoms with E-state index in [9.17, 15) is 14.4 Å². The van der Waals surface area contributed by atoms with Crippen molar-refractivity contribution in [1.29, 1.82) is 0 Å². The molecule has 168 valence electrons. The molecule has 0 N–H and O–H groups in total. The van der Waals surface area contributed by atoms with Crippen LogP contribution in [0.5, 0.6) is 0 Å². The normalized spacial score (nSPS) is 18.4. The number of amides is 2. The highest BCUT2D eigenvalue weighted by molar-refractivity contribution is 6.05. The second-order valence-electron chi connectivity index (χ2n) is 8.35. The van der Waals surface area contributed by atoms with Crippen LogP contribution in [0.2, 0.25) is 0 Å². The van der Waals surface area contributed by atoms with Gasteiger partial charge in [0.15, 0.2) is 5.82 Å². The second kappa shape index (κ2) is 9.06. The Morgan fingerprint density at radius 3 is 2.44 bits per heavy atom. The quantitative estimate of drug-likeness (QED) is 0.669. The number of benzene rings is 1. The van der Waals surface area contributed by atoms with Gasteiger partial charge in [-0.1, -0.05) is 30.3 Å². The number of aryl methyl sites for hydroxylation is 1. The zero-order valence-corrected chi connectivity index (χ0v) is 18.7. The van der Waals surface area contributed by atoms with Crippen LogP contribution in [-0.2, 0) is 9.53 Å². The summed E-state index contributed by atoms with van der Waals surface area (Å²) in [5, 5.41) is 0. The molecule has 0 spiro atoms. The van der Waals surface area contributed by atoms with Gasteiger partial charge in [-0.25, -0.2) is 14.8 Å². The maximum atomic E-state index is 13.6. The van der Waals surface area contributed by atoms with Gasteiger partial charge in [0.05, 0.1) is 12.3 Å². The summed E-state index contributed by atoms with van der Waals surface area (Å²) in [6, 6.07) is 9.25. The minimum atomic E-state index is -0.608. The first-order chi connectivity index (χ1) is 15.4. The molecule has 1 saturated heterocycles. The first-order valence-corrected chi connectivity index (χ1v) is 11.1. The number of carbonyl (C=O) groups is 3. The molecule has 2 aromatic rings. The van der Waals surface area contributed by atoms with Gasteiger partial charge in [-0.2, -0.15) is 0 Å². The van der Waals surface area contributed by atoms with Crippen LogP contribution in [0.15, 0.2) is 30.3 Å². The van der Waals surface area contributed by atoms with Gasteiger partial charge in [-0.05, 0) is 33.6 Å². The molecule has 1 aromatic carbocycles. The fourth-order valence-corrected chi connectivity index (χ4v) is 4.08. The molecule has 2 fully saturated rings. The van der Waals surface area contributed by atoms with Crippen LogP contribution in [0, 0.1) is 12.8 Å². The average molecular weight is 437 g/mol. The Hall–Kier alpha value is -3.29. The lowest BCUT2D eigenvalue weighted by Crippen LogP contribution is -2.56. The van der Waals surface area contributed by atoms with Crippen molar-refractivity contribution in [3.8, 4) is 11.4 Å². The maximum Gasteiger partial charge on any atom is 0.342 e. The summed E-state index contributed by atoms with van der Waals surface area (Å²) in [5.41, 5.74) is 1.30. The fourth-order valence-electron chi connectivity index (χ4n) is 4.08. The van der Waals surface area contributed by atoms with Gasteiger partial charge in [0.1, 0.15) is 11.3 Å². The molecule has 32 heavy (non-hydrogen) atoms. The third-order valence-electron chi connectivity index (χ3n) is 5.93. The van der Waals surface area contributed by atoms with E-state index in [-0.39, 0.29) is 41.6 Å². The van der Waals surface area contributed by atoms with Crippen molar-refractivity contribution in [2.45, 2.75) is 39.7 Å². The van der Waals surface area contributed by atoms with Gasteiger partial charge < -0.3 is 14.5 Å². The number of carbonyl (C=O) groups excluding carboxylic acids is 3. The SMILES string of the molecule is CCOC(=O)c1c(C)nc(-c2ccccc2)nc1C(=O)N1CCN(C(=O)C2CC2)C(C)C1. The standard InChI is InChI=1S/C24H28N4O4/c1-4-32-24(31)19-16(3)25-21(17-8-6-5-7-9-17)26-20(19)23(30)27-12-13-28(15(2)14-27)22(29)18-10-11-18/h5-9,15,18H,4,10-14H2,1-3H3. The summed E-state index contributed by atoms with van der Waals surface area (Å²) in [6.45, 7) is 6.80. The summed E-state index contributed by atoms with van der Waals surface area (Å²) in [6.07, 6.45) is 1.91. The maximum absolute atomic E-state index is 13.6. The van der Waals surface area contributed by atoms with Crippen LogP contribution >= 0.6 is 0 Å². The molecule has 1 saturated carbocycles. The molecule has 1 unspecified atom stereocenters. The van der Waals surface area contributed by atoms with Crippen LogP contribution in [0.3, 0.4) is 0 Å². The van der Waals surface area contributed by atoms with E-state index in [1.807, 2.05) is 42.2 Å². The molecule has 1 aromatic heterocycles. The summed E-state index contributed by atoms with van der Waals surface area (Å²) in [4.78, 5) is 51.3. The molecule has 2 amide bonds. The van der Waals surface area contributed by atoms with E-state index in [1.165, 1.54) is 0 Å². The predicted octanol–water partition coefficient (Wildman–Crippen LogP) is 2.71. The molecule has 2 aliphatic rings. The predicted molar refractivity (Wildman–Crippen MR) is 118 cm³/mol. The Morgan fingerprint density at radius 1 is 1.09 bits per heavy atom. The van der Waals surface area contributed by atoms with E-state index in [1.54, 1.807) is 18.7 Å². The van der Waals surface area contributed by atoms with Gasteiger partial charge >= 0.3 is 5.97 Å². The Kier molecular flexibility index (Phi) is 6.21. The molecule has 0 bridgehead atoms. The van der Waals surface area contributed by atoms with Crippen molar-refractivity contribution in [1.82, 2.24) is 19.8 Å². The van der Waals surface area contributed by atoms with Gasteiger partial charge in [0, 0.05) is 37.2 Å². The van der Waals surface area contributed by atoms with Crippen LogP contribution in [-0.4, -0.2) is 69.8 Å². The van der Waals surface area contributed by atoms with E-state index in [4.69, 9.17) is 4.74 Å². The van der Waals surface area contributed by atoms with Gasteiger partial charge in [-0.15, -0.1) is 0 Å². The Morgan fingerprint density at radius 2 is 1.81 bits per heavy atom. The molecule has 8 heteroatoms. The Balaban J connectivity index is 1.65. The molecule has 1 aliphatic heterocycles. The first-order valence-electron chi connectivity index (χ1n) is 11.1. The summed E-state index contributed by atoms with van der Waals surface area (Å²) in [5.74, 6) is -0.242. The van der Waals surface area contributed by atoms with E-state index in [0.717, 1.165) is 18.4 Å². The topological polar surface area (TPSA) is 92.7 Å². The minimum Gasteiger partial charge on any atom is -0.462 e. The van der Waals surface area contributed by atoms with Crippen molar-refractivity contribution in [3.05, 3.63) is 47.3 Å². The second-order valence-corrected chi connectivity index (χ2v) is 8.35. The first kappa shape index (κ1) is 21.9. The monoisotopic (exact) mass is 436 g/mol. The van der Waals surface area contributed by atoms with Gasteiger partial charge in [0.25, 0.3) is 5.91 Å². The van der Waals surface area contributed by atoms with Crippen molar-refractivity contribution >= 4 is 17.8 Å². The van der Waals surface area contributed by atoms with Crippen molar-refractivity contribution in [2.24, 2.45) is 5.92 Å². The van der Waals surface area contributed by atoms with Crippen LogP contribution in [0.1, 0.15) is 53.2 Å². The number of aromatic nitrogens is 2. The summed E-state index contributed by atoms with van der Waals surface area (Å²) < 4.78 is 5.19. The fraction of sp³-hybridized carbons (Fsp3) is 0.458. The van der Waals surface area contributed by atoms with Crippen LogP contribution in [0.25, 0.3) is 11.4 Å². The lowest BCUT2D eigenvalue weighted by molar-refractivity contribution is -0.136. The molecule has 1 atom stereocenters. The van der Waals surface area contributed by atoms with Crippen LogP contribution < -0.4 is 0 Å². The number of esters is 1. The van der Waals surface area contributed by atoms with E-state index in [2.05, 4.69) is 9.97 Å². The van der Waals surface area contributed by atoms with E-state index < -0.39 is 5.97 Å². The van der Waals surface area contributed by atoms with Crippen molar-refractivity contribution in [2.75, 3.05) is 26.2 Å². The Labute approximate surface area is 187 Å². The molecular formula is C24H28N4O4. The average Bonchev–Trinajstić information content (AvgIpc) is 3.64. The minimum absolute atomic E-state index is 0.0453. The number of nitrogens with zero attached hydrogens (tertiary/aromatic N) is 4. The lowest BCUT2D eigenvalue weighted by Gasteiger charge is -2.40. The number of ether oxygens (including phenoxy) is 1. The third-order valence-corrected chi connectivity index (χ3v) is 5.93. The Bertz CT molecular complexity index is 1040. The highest BCUT2D eigenvalue weighted by atomic mass is 16.5. The zero-order valence-electron chi connectivity index (χ0n) is 18.7. The largest absolute Gasteiger partial charge is 0.462 e. The third kappa shape index (κ3) is 4.35. The molecule has 4 rings (SSSR count). The number of rotatable bonds is 5. The van der Waals surface area contributed by atoms with E-state index in [0.29, 0.717) is 31.2 Å².